The molecular weight excluding hydrogens is 302 g/mol. The third-order valence-electron chi connectivity index (χ3n) is 3.50. The van der Waals surface area contributed by atoms with Gasteiger partial charge in [0.2, 0.25) is 0 Å². The Balaban J connectivity index is 1.91. The van der Waals surface area contributed by atoms with E-state index in [2.05, 4.69) is 20.4 Å². The molecule has 0 atom stereocenters. The van der Waals surface area contributed by atoms with Crippen LogP contribution in [-0.2, 0) is 9.84 Å². The van der Waals surface area contributed by atoms with E-state index in [-0.39, 0.29) is 17.5 Å². The van der Waals surface area contributed by atoms with Gasteiger partial charge in [-0.05, 0) is 19.8 Å². The van der Waals surface area contributed by atoms with Crippen LogP contribution in [0.5, 0.6) is 0 Å². The van der Waals surface area contributed by atoms with Gasteiger partial charge in [0.1, 0.15) is 27.1 Å². The van der Waals surface area contributed by atoms with E-state index in [1.165, 1.54) is 6.33 Å². The Labute approximate surface area is 121 Å². The van der Waals surface area contributed by atoms with Crippen LogP contribution < -0.4 is 5.32 Å². The summed E-state index contributed by atoms with van der Waals surface area (Å²) < 4.78 is 24.5. The highest BCUT2D eigenvalue weighted by atomic mass is 35.5. The Morgan fingerprint density at radius 3 is 2.80 bits per heavy atom. The Morgan fingerprint density at radius 1 is 1.40 bits per heavy atom. The first-order valence-corrected chi connectivity index (χ1v) is 8.49. The number of hydrogen-bond donors (Lipinski definition) is 1. The van der Waals surface area contributed by atoms with Crippen molar-refractivity contribution in [3.8, 4) is 0 Å². The fourth-order valence-corrected chi connectivity index (χ4v) is 3.95. The zero-order valence-electron chi connectivity index (χ0n) is 10.9. The summed E-state index contributed by atoms with van der Waals surface area (Å²) in [7, 11) is -2.87. The SMILES string of the molecule is Cc1c(Cl)nc2ncnn2c1NC1CCS(=O)(=O)CC1. The van der Waals surface area contributed by atoms with Gasteiger partial charge >= 0.3 is 0 Å². The molecule has 0 saturated carbocycles. The summed E-state index contributed by atoms with van der Waals surface area (Å²) in [5.41, 5.74) is 0.776. The van der Waals surface area contributed by atoms with Crippen molar-refractivity contribution in [1.29, 1.82) is 0 Å². The molecule has 1 aliphatic rings. The molecule has 7 nitrogen and oxygen atoms in total. The summed E-state index contributed by atoms with van der Waals surface area (Å²) in [4.78, 5) is 8.15. The molecule has 1 N–H and O–H groups in total. The van der Waals surface area contributed by atoms with Gasteiger partial charge < -0.3 is 5.32 Å². The van der Waals surface area contributed by atoms with Gasteiger partial charge in [-0.2, -0.15) is 19.6 Å². The van der Waals surface area contributed by atoms with Gasteiger partial charge in [-0.1, -0.05) is 11.6 Å². The minimum atomic E-state index is -2.87. The lowest BCUT2D eigenvalue weighted by Gasteiger charge is -2.25. The fraction of sp³-hybridized carbons (Fsp3) is 0.545. The summed E-state index contributed by atoms with van der Waals surface area (Å²) in [6.07, 6.45) is 2.57. The van der Waals surface area contributed by atoms with Crippen LogP contribution in [0.1, 0.15) is 18.4 Å². The summed E-state index contributed by atoms with van der Waals surface area (Å²) >= 11 is 6.08. The summed E-state index contributed by atoms with van der Waals surface area (Å²) in [5.74, 6) is 1.57. The maximum atomic E-state index is 11.5. The first-order valence-electron chi connectivity index (χ1n) is 6.29. The summed E-state index contributed by atoms with van der Waals surface area (Å²) in [6, 6.07) is 0.0862. The van der Waals surface area contributed by atoms with Gasteiger partial charge in [0.15, 0.2) is 0 Å². The number of nitrogens with one attached hydrogen (secondary N) is 1. The van der Waals surface area contributed by atoms with Gasteiger partial charge in [-0.15, -0.1) is 0 Å². The molecule has 0 unspecified atom stereocenters. The van der Waals surface area contributed by atoms with Gasteiger partial charge in [0.25, 0.3) is 5.78 Å². The highest BCUT2D eigenvalue weighted by molar-refractivity contribution is 7.91. The standard InChI is InChI=1S/C11H14ClN5O2S/c1-7-9(12)16-11-13-6-14-17(11)10(7)15-8-2-4-20(18,19)5-3-8/h6,8,15H,2-5H2,1H3. The summed E-state index contributed by atoms with van der Waals surface area (Å²) in [5, 5.41) is 7.82. The average molecular weight is 316 g/mol. The van der Waals surface area contributed by atoms with Crippen LogP contribution in [0.4, 0.5) is 5.82 Å². The normalized spacial score (nSPS) is 19.3. The van der Waals surface area contributed by atoms with E-state index < -0.39 is 9.84 Å². The van der Waals surface area contributed by atoms with Crippen LogP contribution in [-0.4, -0.2) is 45.5 Å². The lowest BCUT2D eigenvalue weighted by atomic mass is 10.1. The van der Waals surface area contributed by atoms with E-state index in [9.17, 15) is 8.42 Å². The molecule has 3 rings (SSSR count). The van der Waals surface area contributed by atoms with Crippen molar-refractivity contribution in [1.82, 2.24) is 19.6 Å². The van der Waals surface area contributed by atoms with Crippen LogP contribution in [0.15, 0.2) is 6.33 Å². The van der Waals surface area contributed by atoms with Crippen molar-refractivity contribution < 1.29 is 8.42 Å². The third-order valence-corrected chi connectivity index (χ3v) is 5.58. The molecule has 1 saturated heterocycles. The predicted octanol–water partition coefficient (Wildman–Crippen LogP) is 1.08. The number of hydrogen-bond acceptors (Lipinski definition) is 6. The zero-order valence-corrected chi connectivity index (χ0v) is 12.4. The lowest BCUT2D eigenvalue weighted by molar-refractivity contribution is 0.558. The smallest absolute Gasteiger partial charge is 0.255 e. The molecule has 0 aliphatic carbocycles. The van der Waals surface area contributed by atoms with Crippen molar-refractivity contribution >= 4 is 33.0 Å². The molecule has 20 heavy (non-hydrogen) atoms. The highest BCUT2D eigenvalue weighted by Gasteiger charge is 2.25. The molecule has 0 aromatic carbocycles. The number of rotatable bonds is 2. The van der Waals surface area contributed by atoms with Gasteiger partial charge in [0.05, 0.1) is 11.5 Å². The fourth-order valence-electron chi connectivity index (χ4n) is 2.29. The maximum Gasteiger partial charge on any atom is 0.255 e. The molecule has 1 fully saturated rings. The quantitative estimate of drug-likeness (QED) is 0.834. The molecule has 3 heterocycles. The van der Waals surface area contributed by atoms with E-state index in [4.69, 9.17) is 11.6 Å². The first kappa shape index (κ1) is 13.6. The zero-order chi connectivity index (χ0) is 14.3. The van der Waals surface area contributed by atoms with E-state index in [0.717, 1.165) is 11.4 Å². The van der Waals surface area contributed by atoms with Gasteiger partial charge in [0, 0.05) is 11.6 Å². The number of nitrogens with zero attached hydrogens (tertiary/aromatic N) is 4. The van der Waals surface area contributed by atoms with Crippen molar-refractivity contribution in [2.75, 3.05) is 16.8 Å². The van der Waals surface area contributed by atoms with Gasteiger partial charge in [-0.25, -0.2) is 8.42 Å². The number of sulfone groups is 1. The summed E-state index contributed by atoms with van der Waals surface area (Å²) in [6.45, 7) is 1.85. The van der Waals surface area contributed by atoms with E-state index in [1.54, 1.807) is 4.52 Å². The van der Waals surface area contributed by atoms with Crippen molar-refractivity contribution in [2.45, 2.75) is 25.8 Å². The van der Waals surface area contributed by atoms with Crippen LogP contribution in [0.3, 0.4) is 0 Å². The molecule has 9 heteroatoms. The van der Waals surface area contributed by atoms with Crippen molar-refractivity contribution in [2.24, 2.45) is 0 Å². The van der Waals surface area contributed by atoms with Crippen LogP contribution in [0.25, 0.3) is 5.78 Å². The molecular formula is C11H14ClN5O2S. The maximum absolute atomic E-state index is 11.5. The van der Waals surface area contributed by atoms with Crippen molar-refractivity contribution in [3.63, 3.8) is 0 Å². The predicted molar refractivity (Wildman–Crippen MR) is 75.8 cm³/mol. The lowest BCUT2D eigenvalue weighted by Crippen LogP contribution is -2.33. The van der Waals surface area contributed by atoms with Crippen LogP contribution >= 0.6 is 11.6 Å². The number of fused-ring (bicyclic) bond motifs is 1. The van der Waals surface area contributed by atoms with E-state index >= 15 is 0 Å². The molecule has 0 spiro atoms. The molecule has 0 bridgehead atoms. The number of anilines is 1. The van der Waals surface area contributed by atoms with E-state index in [1.807, 2.05) is 6.92 Å². The Bertz CT molecular complexity index is 744. The van der Waals surface area contributed by atoms with Crippen LogP contribution in [0.2, 0.25) is 5.15 Å². The average Bonchev–Trinajstić information content (AvgIpc) is 2.84. The van der Waals surface area contributed by atoms with Crippen LogP contribution in [0, 0.1) is 6.92 Å². The minimum absolute atomic E-state index is 0.0862. The largest absolute Gasteiger partial charge is 0.367 e. The highest BCUT2D eigenvalue weighted by Crippen LogP contribution is 2.25. The number of halogens is 1. The molecule has 108 valence electrons. The van der Waals surface area contributed by atoms with Gasteiger partial charge in [-0.3, -0.25) is 0 Å². The monoisotopic (exact) mass is 315 g/mol. The minimum Gasteiger partial charge on any atom is -0.367 e. The molecule has 0 amide bonds. The Kier molecular flexibility index (Phi) is 3.29. The molecule has 0 radical (unpaired) electrons. The topological polar surface area (TPSA) is 89.2 Å². The molecule has 2 aromatic rings. The second-order valence-electron chi connectivity index (χ2n) is 4.92. The molecule has 1 aliphatic heterocycles. The first-order chi connectivity index (χ1) is 9.46. The second-order valence-corrected chi connectivity index (χ2v) is 7.58. The van der Waals surface area contributed by atoms with Crippen molar-refractivity contribution in [3.05, 3.63) is 17.0 Å². The second kappa shape index (κ2) is 4.85. The van der Waals surface area contributed by atoms with E-state index in [0.29, 0.717) is 23.8 Å². The molecule has 2 aromatic heterocycles. The Morgan fingerprint density at radius 2 is 2.10 bits per heavy atom. The Hall–Kier alpha value is -1.41. The third kappa shape index (κ3) is 2.45. The number of aromatic nitrogens is 4.